The number of likely N-dealkylation sites (tertiary alicyclic amines) is 2. The summed E-state index contributed by atoms with van der Waals surface area (Å²) in [4.78, 5) is 29.3. The minimum atomic E-state index is -1.11. The van der Waals surface area contributed by atoms with E-state index in [2.05, 4.69) is 25.7 Å². The van der Waals surface area contributed by atoms with Crippen molar-refractivity contribution in [2.24, 2.45) is 17.3 Å². The van der Waals surface area contributed by atoms with Gasteiger partial charge in [-0.05, 0) is 54.1 Å². The molecular weight excluding hydrogens is 448 g/mol. The van der Waals surface area contributed by atoms with Gasteiger partial charge < -0.3 is 14.9 Å². The van der Waals surface area contributed by atoms with Gasteiger partial charge in [-0.25, -0.2) is 0 Å². The zero-order valence-corrected chi connectivity index (χ0v) is 22.3. The standard InChI is InChI=1S/C31H42N2O3/c1-23(34)32-18-15-24(16-19-32)21-29(35)33-20-17-27(22-28(33)30(2,3)4)31(36,25-11-7-5-8-12-25)26-13-9-6-10-14-26/h5-14,24,27-28,36H,15-22H2,1-4H3. The Labute approximate surface area is 216 Å². The van der Waals surface area contributed by atoms with Crippen molar-refractivity contribution in [3.63, 3.8) is 0 Å². The Morgan fingerprint density at radius 3 is 1.86 bits per heavy atom. The minimum absolute atomic E-state index is 0.00520. The second-order valence-electron chi connectivity index (χ2n) is 11.8. The number of carbonyl (C=O) groups is 2. The number of hydrogen-bond acceptors (Lipinski definition) is 3. The average Bonchev–Trinajstić information content (AvgIpc) is 2.88. The van der Waals surface area contributed by atoms with Crippen LogP contribution in [0.3, 0.4) is 0 Å². The number of hydrogen-bond donors (Lipinski definition) is 1. The molecule has 194 valence electrons. The summed E-state index contributed by atoms with van der Waals surface area (Å²) in [5.41, 5.74) is 0.595. The smallest absolute Gasteiger partial charge is 0.223 e. The molecule has 2 amide bonds. The second kappa shape index (κ2) is 10.8. The second-order valence-corrected chi connectivity index (χ2v) is 11.8. The van der Waals surface area contributed by atoms with Crippen molar-refractivity contribution < 1.29 is 14.7 Å². The highest BCUT2D eigenvalue weighted by atomic mass is 16.3. The number of benzene rings is 2. The summed E-state index contributed by atoms with van der Waals surface area (Å²) < 4.78 is 0. The van der Waals surface area contributed by atoms with E-state index in [-0.39, 0.29) is 29.2 Å². The fraction of sp³-hybridized carbons (Fsp3) is 0.548. The first kappa shape index (κ1) is 26.4. The van der Waals surface area contributed by atoms with Crippen LogP contribution in [0.1, 0.15) is 70.9 Å². The summed E-state index contributed by atoms with van der Waals surface area (Å²) in [5.74, 6) is 0.669. The van der Waals surface area contributed by atoms with Crippen LogP contribution in [0.5, 0.6) is 0 Å². The minimum Gasteiger partial charge on any atom is -0.380 e. The summed E-state index contributed by atoms with van der Waals surface area (Å²) in [5, 5.41) is 12.4. The largest absolute Gasteiger partial charge is 0.380 e. The maximum Gasteiger partial charge on any atom is 0.223 e. The molecule has 4 rings (SSSR count). The van der Waals surface area contributed by atoms with Gasteiger partial charge in [0.1, 0.15) is 5.60 Å². The Morgan fingerprint density at radius 1 is 0.861 bits per heavy atom. The Morgan fingerprint density at radius 2 is 1.39 bits per heavy atom. The molecule has 5 nitrogen and oxygen atoms in total. The number of nitrogens with zero attached hydrogens (tertiary/aromatic N) is 2. The Bertz CT molecular complexity index is 983. The summed E-state index contributed by atoms with van der Waals surface area (Å²) >= 11 is 0. The maximum absolute atomic E-state index is 13.6. The third-order valence-electron chi connectivity index (χ3n) is 8.46. The Balaban J connectivity index is 1.55. The van der Waals surface area contributed by atoms with Crippen molar-refractivity contribution in [3.05, 3.63) is 71.8 Å². The molecule has 0 spiro atoms. The van der Waals surface area contributed by atoms with E-state index < -0.39 is 5.60 Å². The molecule has 2 unspecified atom stereocenters. The lowest BCUT2D eigenvalue weighted by molar-refractivity contribution is -0.143. The summed E-state index contributed by atoms with van der Waals surface area (Å²) in [6, 6.07) is 20.0. The van der Waals surface area contributed by atoms with E-state index >= 15 is 0 Å². The van der Waals surface area contributed by atoms with Gasteiger partial charge in [0.05, 0.1) is 0 Å². The molecule has 1 N–H and O–H groups in total. The molecule has 0 aliphatic carbocycles. The third kappa shape index (κ3) is 5.51. The summed E-state index contributed by atoms with van der Waals surface area (Å²) in [6.07, 6.45) is 3.83. The van der Waals surface area contributed by atoms with E-state index in [1.165, 1.54) is 0 Å². The predicted molar refractivity (Wildman–Crippen MR) is 143 cm³/mol. The van der Waals surface area contributed by atoms with Crippen LogP contribution in [0.4, 0.5) is 0 Å². The van der Waals surface area contributed by atoms with Crippen molar-refractivity contribution >= 4 is 11.8 Å². The molecule has 0 bridgehead atoms. The normalized spacial score (nSPS) is 21.9. The zero-order chi connectivity index (χ0) is 25.9. The topological polar surface area (TPSA) is 60.9 Å². The molecule has 2 atom stereocenters. The lowest BCUT2D eigenvalue weighted by Crippen LogP contribution is -2.55. The van der Waals surface area contributed by atoms with E-state index in [0.29, 0.717) is 18.9 Å². The van der Waals surface area contributed by atoms with Crippen LogP contribution in [-0.2, 0) is 15.2 Å². The molecule has 2 saturated heterocycles. The van der Waals surface area contributed by atoms with Gasteiger partial charge in [-0.2, -0.15) is 0 Å². The fourth-order valence-electron chi connectivity index (χ4n) is 6.30. The summed E-state index contributed by atoms with van der Waals surface area (Å²) in [6.45, 7) is 10.4. The van der Waals surface area contributed by atoms with E-state index in [4.69, 9.17) is 0 Å². The first-order valence-corrected chi connectivity index (χ1v) is 13.5. The Kier molecular flexibility index (Phi) is 7.89. The van der Waals surface area contributed by atoms with E-state index in [1.54, 1.807) is 6.92 Å². The predicted octanol–water partition coefficient (Wildman–Crippen LogP) is 5.22. The highest BCUT2D eigenvalue weighted by molar-refractivity contribution is 5.77. The highest BCUT2D eigenvalue weighted by Gasteiger charge is 2.47. The molecule has 0 saturated carbocycles. The fourth-order valence-corrected chi connectivity index (χ4v) is 6.30. The van der Waals surface area contributed by atoms with Gasteiger partial charge in [-0.15, -0.1) is 0 Å². The quantitative estimate of drug-likeness (QED) is 0.625. The molecule has 0 radical (unpaired) electrons. The van der Waals surface area contributed by atoms with E-state index in [9.17, 15) is 14.7 Å². The Hall–Kier alpha value is -2.66. The van der Waals surface area contributed by atoms with Crippen molar-refractivity contribution in [2.75, 3.05) is 19.6 Å². The van der Waals surface area contributed by atoms with Crippen LogP contribution < -0.4 is 0 Å². The average molecular weight is 491 g/mol. The third-order valence-corrected chi connectivity index (χ3v) is 8.46. The molecule has 2 fully saturated rings. The first-order chi connectivity index (χ1) is 17.1. The number of rotatable bonds is 5. The number of piperidine rings is 2. The highest BCUT2D eigenvalue weighted by Crippen LogP contribution is 2.46. The molecule has 2 aromatic rings. The number of amides is 2. The van der Waals surface area contributed by atoms with E-state index in [1.807, 2.05) is 65.6 Å². The molecule has 5 heteroatoms. The van der Waals surface area contributed by atoms with Crippen LogP contribution in [0.15, 0.2) is 60.7 Å². The lowest BCUT2D eigenvalue weighted by atomic mass is 9.67. The molecule has 0 aromatic heterocycles. The van der Waals surface area contributed by atoms with Crippen LogP contribution in [0, 0.1) is 17.3 Å². The number of carbonyl (C=O) groups excluding carboxylic acids is 2. The lowest BCUT2D eigenvalue weighted by Gasteiger charge is -2.50. The molecule has 2 aliphatic rings. The van der Waals surface area contributed by atoms with Crippen molar-refractivity contribution in [3.8, 4) is 0 Å². The van der Waals surface area contributed by atoms with Crippen molar-refractivity contribution in [2.45, 2.75) is 71.4 Å². The molecule has 2 heterocycles. The molecule has 2 aliphatic heterocycles. The SMILES string of the molecule is CC(=O)N1CCC(CC(=O)N2CCC(C(O)(c3ccccc3)c3ccccc3)CC2C(C)(C)C)CC1. The molecule has 36 heavy (non-hydrogen) atoms. The molecule has 2 aromatic carbocycles. The van der Waals surface area contributed by atoms with Gasteiger partial charge in [0.25, 0.3) is 0 Å². The van der Waals surface area contributed by atoms with Crippen LogP contribution in [0.25, 0.3) is 0 Å². The van der Waals surface area contributed by atoms with E-state index in [0.717, 1.165) is 49.9 Å². The van der Waals surface area contributed by atoms with Gasteiger partial charge in [0, 0.05) is 39.0 Å². The van der Waals surface area contributed by atoms with Crippen LogP contribution in [0.2, 0.25) is 0 Å². The first-order valence-electron chi connectivity index (χ1n) is 13.5. The molecular formula is C31H42N2O3. The van der Waals surface area contributed by atoms with Gasteiger partial charge in [0.2, 0.25) is 11.8 Å². The van der Waals surface area contributed by atoms with Crippen molar-refractivity contribution in [1.82, 2.24) is 9.80 Å². The summed E-state index contributed by atoms with van der Waals surface area (Å²) in [7, 11) is 0. The maximum atomic E-state index is 13.6. The van der Waals surface area contributed by atoms with Crippen LogP contribution in [-0.4, -0.2) is 52.4 Å². The van der Waals surface area contributed by atoms with Crippen LogP contribution >= 0.6 is 0 Å². The zero-order valence-electron chi connectivity index (χ0n) is 22.3. The van der Waals surface area contributed by atoms with Gasteiger partial charge in [0.15, 0.2) is 0 Å². The van der Waals surface area contributed by atoms with Gasteiger partial charge >= 0.3 is 0 Å². The van der Waals surface area contributed by atoms with Gasteiger partial charge in [-0.1, -0.05) is 81.4 Å². The van der Waals surface area contributed by atoms with Gasteiger partial charge in [-0.3, -0.25) is 9.59 Å². The number of aliphatic hydroxyl groups is 1. The monoisotopic (exact) mass is 490 g/mol. The van der Waals surface area contributed by atoms with Crippen molar-refractivity contribution in [1.29, 1.82) is 0 Å².